The van der Waals surface area contributed by atoms with E-state index in [0.29, 0.717) is 16.1 Å². The molecule has 23 heavy (non-hydrogen) atoms. The molecule has 0 saturated heterocycles. The van der Waals surface area contributed by atoms with Crippen LogP contribution in [0.3, 0.4) is 0 Å². The minimum absolute atomic E-state index is 0.359. The van der Waals surface area contributed by atoms with Gasteiger partial charge in [0.25, 0.3) is 0 Å². The van der Waals surface area contributed by atoms with Crippen LogP contribution in [0.2, 0.25) is 5.02 Å². The van der Waals surface area contributed by atoms with E-state index in [-0.39, 0.29) is 5.78 Å². The molecule has 5 nitrogen and oxygen atoms in total. The fraction of sp³-hybridized carbons (Fsp3) is 0.188. The van der Waals surface area contributed by atoms with Crippen molar-refractivity contribution in [1.29, 1.82) is 0 Å². The van der Waals surface area contributed by atoms with Gasteiger partial charge in [-0.05, 0) is 17.7 Å². The molecule has 2 rings (SSSR count). The van der Waals surface area contributed by atoms with Crippen molar-refractivity contribution in [3.8, 4) is 0 Å². The van der Waals surface area contributed by atoms with Gasteiger partial charge in [-0.15, -0.1) is 0 Å². The maximum absolute atomic E-state index is 12.7. The molecular weight excluding hydrogens is 339 g/mol. The number of benzene rings is 2. The number of phosphoric ester groups is 1. The molecule has 0 aliphatic heterocycles. The van der Waals surface area contributed by atoms with Gasteiger partial charge in [-0.3, -0.25) is 18.4 Å². The SMILES string of the molecule is COP(=O)(OC)OC(C(=O)c1ccccc1)c1ccc(Cl)cc1. The predicted octanol–water partition coefficient (Wildman–Crippen LogP) is 4.68. The standard InChI is InChI=1S/C16H16ClO5P/c1-20-23(19,21-2)22-16(13-8-10-14(17)11-9-13)15(18)12-6-4-3-5-7-12/h3-11,16H,1-2H3. The molecule has 2 aromatic carbocycles. The summed E-state index contributed by atoms with van der Waals surface area (Å²) in [6.45, 7) is 0. The monoisotopic (exact) mass is 354 g/mol. The van der Waals surface area contributed by atoms with Crippen LogP contribution in [-0.2, 0) is 18.1 Å². The maximum atomic E-state index is 12.7. The van der Waals surface area contributed by atoms with E-state index in [9.17, 15) is 9.36 Å². The average molecular weight is 355 g/mol. The van der Waals surface area contributed by atoms with Crippen LogP contribution in [-0.4, -0.2) is 20.0 Å². The summed E-state index contributed by atoms with van der Waals surface area (Å²) in [6.07, 6.45) is -1.14. The van der Waals surface area contributed by atoms with Crippen molar-refractivity contribution in [2.45, 2.75) is 6.10 Å². The number of hydrogen-bond acceptors (Lipinski definition) is 5. The van der Waals surface area contributed by atoms with Gasteiger partial charge in [-0.1, -0.05) is 54.1 Å². The third kappa shape index (κ3) is 4.50. The predicted molar refractivity (Wildman–Crippen MR) is 87.7 cm³/mol. The Balaban J connectivity index is 2.41. The molecule has 7 heteroatoms. The molecule has 0 heterocycles. The van der Waals surface area contributed by atoms with Crippen LogP contribution < -0.4 is 0 Å². The number of carbonyl (C=O) groups is 1. The van der Waals surface area contributed by atoms with Crippen molar-refractivity contribution in [3.63, 3.8) is 0 Å². The maximum Gasteiger partial charge on any atom is 0.475 e. The lowest BCUT2D eigenvalue weighted by molar-refractivity contribution is 0.0657. The Kier molecular flexibility index (Phi) is 6.10. The van der Waals surface area contributed by atoms with Crippen LogP contribution in [0.1, 0.15) is 22.0 Å². The Hall–Kier alpha value is -1.49. The normalized spacial score (nSPS) is 12.8. The van der Waals surface area contributed by atoms with Crippen LogP contribution in [0, 0.1) is 0 Å². The van der Waals surface area contributed by atoms with Crippen molar-refractivity contribution < 1.29 is 22.9 Å². The zero-order chi connectivity index (χ0) is 16.9. The summed E-state index contributed by atoms with van der Waals surface area (Å²) in [4.78, 5) is 12.7. The van der Waals surface area contributed by atoms with Gasteiger partial charge in [-0.25, -0.2) is 4.57 Å². The van der Waals surface area contributed by atoms with Gasteiger partial charge in [0.1, 0.15) is 0 Å². The fourth-order valence-corrected chi connectivity index (χ4v) is 2.86. The summed E-state index contributed by atoms with van der Waals surface area (Å²) in [5.74, 6) is -0.359. The van der Waals surface area contributed by atoms with Gasteiger partial charge < -0.3 is 0 Å². The van der Waals surface area contributed by atoms with E-state index in [4.69, 9.17) is 25.2 Å². The van der Waals surface area contributed by atoms with E-state index in [1.807, 2.05) is 0 Å². The minimum Gasteiger partial charge on any atom is -0.291 e. The molecule has 0 aliphatic carbocycles. The highest BCUT2D eigenvalue weighted by Crippen LogP contribution is 2.52. The van der Waals surface area contributed by atoms with Crippen molar-refractivity contribution >= 4 is 25.2 Å². The number of rotatable bonds is 7. The van der Waals surface area contributed by atoms with Gasteiger partial charge >= 0.3 is 7.82 Å². The summed E-state index contributed by atoms with van der Waals surface area (Å²) >= 11 is 5.87. The molecule has 1 unspecified atom stereocenters. The lowest BCUT2D eigenvalue weighted by atomic mass is 10.0. The van der Waals surface area contributed by atoms with E-state index in [1.165, 1.54) is 14.2 Å². The van der Waals surface area contributed by atoms with Crippen molar-refractivity contribution in [3.05, 3.63) is 70.7 Å². The number of halogens is 1. The first-order valence-corrected chi connectivity index (χ1v) is 8.57. The second-order valence-corrected chi connectivity index (χ2v) is 6.85. The van der Waals surface area contributed by atoms with E-state index in [2.05, 4.69) is 0 Å². The molecule has 1 atom stereocenters. The van der Waals surface area contributed by atoms with Crippen LogP contribution in [0.15, 0.2) is 54.6 Å². The third-order valence-electron chi connectivity index (χ3n) is 3.15. The van der Waals surface area contributed by atoms with Gasteiger partial charge in [-0.2, -0.15) is 0 Å². The van der Waals surface area contributed by atoms with E-state index < -0.39 is 13.9 Å². The number of carbonyl (C=O) groups excluding carboxylic acids is 1. The molecule has 2 aromatic rings. The zero-order valence-electron chi connectivity index (χ0n) is 12.6. The minimum atomic E-state index is -3.84. The summed E-state index contributed by atoms with van der Waals surface area (Å²) in [7, 11) is -1.46. The number of hydrogen-bond donors (Lipinski definition) is 0. The molecular formula is C16H16ClO5P. The Morgan fingerprint density at radius 2 is 1.57 bits per heavy atom. The summed E-state index contributed by atoms with van der Waals surface area (Å²) in [5.41, 5.74) is 0.920. The Bertz CT molecular complexity index is 694. The summed E-state index contributed by atoms with van der Waals surface area (Å²) < 4.78 is 27.3. The van der Waals surface area contributed by atoms with E-state index in [1.54, 1.807) is 54.6 Å². The Morgan fingerprint density at radius 1 is 1.00 bits per heavy atom. The lowest BCUT2D eigenvalue weighted by Crippen LogP contribution is -2.16. The summed E-state index contributed by atoms with van der Waals surface area (Å²) in [5, 5.41) is 0.515. The molecule has 0 aliphatic rings. The largest absolute Gasteiger partial charge is 0.475 e. The molecule has 0 bridgehead atoms. The first kappa shape index (κ1) is 17.9. The van der Waals surface area contributed by atoms with Gasteiger partial charge in [0.05, 0.1) is 0 Å². The zero-order valence-corrected chi connectivity index (χ0v) is 14.3. The van der Waals surface area contributed by atoms with Crippen molar-refractivity contribution in [1.82, 2.24) is 0 Å². The fourth-order valence-electron chi connectivity index (χ4n) is 1.94. The van der Waals surface area contributed by atoms with Crippen molar-refractivity contribution in [2.24, 2.45) is 0 Å². The number of ketones is 1. The van der Waals surface area contributed by atoms with Crippen molar-refractivity contribution in [2.75, 3.05) is 14.2 Å². The van der Waals surface area contributed by atoms with E-state index in [0.717, 1.165) is 0 Å². The highest BCUT2D eigenvalue weighted by molar-refractivity contribution is 7.48. The number of Topliss-reactive ketones (excluding diaryl/α,β-unsaturated/α-hetero) is 1. The first-order chi connectivity index (χ1) is 11.0. The quantitative estimate of drug-likeness (QED) is 0.533. The van der Waals surface area contributed by atoms with Gasteiger partial charge in [0.15, 0.2) is 11.9 Å². The molecule has 0 saturated carbocycles. The number of phosphoric acid groups is 1. The smallest absolute Gasteiger partial charge is 0.291 e. The summed E-state index contributed by atoms with van der Waals surface area (Å²) in [6, 6.07) is 15.1. The van der Waals surface area contributed by atoms with Crippen LogP contribution in [0.5, 0.6) is 0 Å². The Morgan fingerprint density at radius 3 is 2.09 bits per heavy atom. The third-order valence-corrected chi connectivity index (χ3v) is 4.77. The highest BCUT2D eigenvalue weighted by atomic mass is 35.5. The van der Waals surface area contributed by atoms with E-state index >= 15 is 0 Å². The Labute approximate surface area is 139 Å². The van der Waals surface area contributed by atoms with Gasteiger partial charge in [0.2, 0.25) is 0 Å². The highest BCUT2D eigenvalue weighted by Gasteiger charge is 2.33. The van der Waals surface area contributed by atoms with Crippen LogP contribution in [0.4, 0.5) is 0 Å². The van der Waals surface area contributed by atoms with Gasteiger partial charge in [0, 0.05) is 24.8 Å². The molecule has 0 fully saturated rings. The lowest BCUT2D eigenvalue weighted by Gasteiger charge is -2.21. The molecule has 0 spiro atoms. The molecule has 0 amide bonds. The molecule has 0 N–H and O–H groups in total. The second kappa shape index (κ2) is 7.86. The molecule has 0 radical (unpaired) electrons. The van der Waals surface area contributed by atoms with Crippen LogP contribution in [0.25, 0.3) is 0 Å². The molecule has 0 aromatic heterocycles. The topological polar surface area (TPSA) is 61.8 Å². The molecule has 122 valence electrons. The average Bonchev–Trinajstić information content (AvgIpc) is 2.60. The first-order valence-electron chi connectivity index (χ1n) is 6.74. The second-order valence-electron chi connectivity index (χ2n) is 4.58. The van der Waals surface area contributed by atoms with Crippen LogP contribution >= 0.6 is 19.4 Å².